The van der Waals surface area contributed by atoms with Crippen LogP contribution >= 0.6 is 0 Å². The van der Waals surface area contributed by atoms with Gasteiger partial charge in [-0.15, -0.1) is 0 Å². The van der Waals surface area contributed by atoms with Crippen LogP contribution in [0.25, 0.3) is 0 Å². The van der Waals surface area contributed by atoms with E-state index in [4.69, 9.17) is 5.11 Å². The molecule has 1 saturated heterocycles. The minimum atomic E-state index is -0.0604. The van der Waals surface area contributed by atoms with Crippen molar-refractivity contribution in [2.24, 2.45) is 5.92 Å². The van der Waals surface area contributed by atoms with E-state index in [9.17, 15) is 4.79 Å². The summed E-state index contributed by atoms with van der Waals surface area (Å²) in [5.74, 6) is 0.640. The van der Waals surface area contributed by atoms with Crippen molar-refractivity contribution in [2.45, 2.75) is 19.8 Å². The molecule has 1 aliphatic heterocycles. The lowest BCUT2D eigenvalue weighted by Gasteiger charge is -2.30. The van der Waals surface area contributed by atoms with Crippen LogP contribution < -0.4 is 0 Å². The normalized spacial score (nSPS) is 23.8. The van der Waals surface area contributed by atoms with E-state index in [1.165, 1.54) is 18.6 Å². The van der Waals surface area contributed by atoms with Gasteiger partial charge in [-0.1, -0.05) is 13.0 Å². The molecule has 1 atom stereocenters. The highest BCUT2D eigenvalue weighted by molar-refractivity contribution is 5.87. The minimum absolute atomic E-state index is 0.0283. The Kier molecular flexibility index (Phi) is 3.96. The van der Waals surface area contributed by atoms with Gasteiger partial charge in [-0.2, -0.15) is 0 Å². The highest BCUT2D eigenvalue weighted by atomic mass is 16.2. The Morgan fingerprint density at radius 1 is 1.69 bits per heavy atom. The molecule has 0 aromatic carbocycles. The molecular weight excluding hydrogens is 166 g/mol. The van der Waals surface area contributed by atoms with Crippen LogP contribution in [0.4, 0.5) is 0 Å². The second kappa shape index (κ2) is 5.02. The van der Waals surface area contributed by atoms with Crippen molar-refractivity contribution >= 4 is 5.91 Å². The summed E-state index contributed by atoms with van der Waals surface area (Å²) in [7, 11) is 0. The summed E-state index contributed by atoms with van der Waals surface area (Å²) in [6.45, 7) is 3.82. The third kappa shape index (κ3) is 3.19. The second-order valence-electron chi connectivity index (χ2n) is 3.62. The van der Waals surface area contributed by atoms with E-state index < -0.39 is 0 Å². The predicted molar refractivity (Wildman–Crippen MR) is 51.2 cm³/mol. The molecular formula is C10H17NO2. The van der Waals surface area contributed by atoms with Crippen molar-refractivity contribution in [2.75, 3.05) is 19.7 Å². The Labute approximate surface area is 79.0 Å². The largest absolute Gasteiger partial charge is 0.392 e. The van der Waals surface area contributed by atoms with Crippen LogP contribution in [0.2, 0.25) is 0 Å². The molecule has 1 amide bonds. The number of piperidine rings is 1. The first-order valence-corrected chi connectivity index (χ1v) is 4.80. The Balaban J connectivity index is 2.41. The van der Waals surface area contributed by atoms with Gasteiger partial charge in [0.25, 0.3) is 0 Å². The third-order valence-electron chi connectivity index (χ3n) is 2.33. The highest BCUT2D eigenvalue weighted by Crippen LogP contribution is 2.15. The number of hydrogen-bond donors (Lipinski definition) is 1. The molecule has 0 aromatic rings. The smallest absolute Gasteiger partial charge is 0.246 e. The first kappa shape index (κ1) is 10.3. The van der Waals surface area contributed by atoms with Crippen molar-refractivity contribution in [1.82, 2.24) is 4.90 Å². The molecule has 74 valence electrons. The van der Waals surface area contributed by atoms with Crippen LogP contribution in [0.15, 0.2) is 12.2 Å². The van der Waals surface area contributed by atoms with Crippen molar-refractivity contribution < 1.29 is 9.90 Å². The summed E-state index contributed by atoms with van der Waals surface area (Å²) in [5, 5.41) is 8.51. The number of hydrogen-bond acceptors (Lipinski definition) is 2. The number of aliphatic hydroxyl groups excluding tert-OH is 1. The van der Waals surface area contributed by atoms with E-state index in [1.54, 1.807) is 0 Å². The van der Waals surface area contributed by atoms with Crippen molar-refractivity contribution in [3.63, 3.8) is 0 Å². The molecule has 0 bridgehead atoms. The zero-order chi connectivity index (χ0) is 9.68. The topological polar surface area (TPSA) is 40.5 Å². The SMILES string of the molecule is CC1CCCN(C(=O)C=CCO)C1. The lowest BCUT2D eigenvalue weighted by molar-refractivity contribution is -0.127. The lowest BCUT2D eigenvalue weighted by Crippen LogP contribution is -2.38. The molecule has 13 heavy (non-hydrogen) atoms. The summed E-state index contributed by atoms with van der Waals surface area (Å²) in [5.41, 5.74) is 0. The molecule has 0 radical (unpaired) electrons. The summed E-state index contributed by atoms with van der Waals surface area (Å²) >= 11 is 0. The molecule has 0 aliphatic carbocycles. The highest BCUT2D eigenvalue weighted by Gasteiger charge is 2.18. The molecule has 3 heteroatoms. The first-order chi connectivity index (χ1) is 6.24. The fourth-order valence-corrected chi connectivity index (χ4v) is 1.65. The third-order valence-corrected chi connectivity index (χ3v) is 2.33. The Morgan fingerprint density at radius 2 is 2.46 bits per heavy atom. The van der Waals surface area contributed by atoms with Gasteiger partial charge in [-0.05, 0) is 18.8 Å². The zero-order valence-corrected chi connectivity index (χ0v) is 8.07. The Hall–Kier alpha value is -0.830. The molecule has 1 rings (SSSR count). The van der Waals surface area contributed by atoms with Crippen LogP contribution in [-0.2, 0) is 4.79 Å². The van der Waals surface area contributed by atoms with E-state index in [1.807, 2.05) is 4.90 Å². The summed E-state index contributed by atoms with van der Waals surface area (Å²) < 4.78 is 0. The van der Waals surface area contributed by atoms with Gasteiger partial charge in [0.15, 0.2) is 0 Å². The van der Waals surface area contributed by atoms with Gasteiger partial charge < -0.3 is 10.0 Å². The number of aliphatic hydroxyl groups is 1. The van der Waals surface area contributed by atoms with Crippen LogP contribution in [0.1, 0.15) is 19.8 Å². The van der Waals surface area contributed by atoms with Crippen molar-refractivity contribution in [3.8, 4) is 0 Å². The number of carbonyl (C=O) groups excluding carboxylic acids is 1. The standard InChI is InChI=1S/C10H17NO2/c1-9-4-2-6-11(8-9)10(13)5-3-7-12/h3,5,9,12H,2,4,6-8H2,1H3. The summed E-state index contributed by atoms with van der Waals surface area (Å²) in [4.78, 5) is 13.3. The number of likely N-dealkylation sites (tertiary alicyclic amines) is 1. The van der Waals surface area contributed by atoms with Crippen LogP contribution in [0, 0.1) is 5.92 Å². The van der Waals surface area contributed by atoms with Gasteiger partial charge in [0, 0.05) is 19.2 Å². The zero-order valence-electron chi connectivity index (χ0n) is 8.07. The number of carbonyl (C=O) groups is 1. The van der Waals surface area contributed by atoms with Crippen LogP contribution in [0.5, 0.6) is 0 Å². The summed E-state index contributed by atoms with van der Waals surface area (Å²) in [6.07, 6.45) is 5.26. The number of rotatable bonds is 2. The monoisotopic (exact) mass is 183 g/mol. The Bertz CT molecular complexity index is 201. The lowest BCUT2D eigenvalue weighted by atomic mass is 10.0. The van der Waals surface area contributed by atoms with Gasteiger partial charge in [-0.25, -0.2) is 0 Å². The van der Waals surface area contributed by atoms with E-state index in [0.29, 0.717) is 5.92 Å². The Morgan fingerprint density at radius 3 is 3.08 bits per heavy atom. The van der Waals surface area contributed by atoms with E-state index in [0.717, 1.165) is 19.5 Å². The maximum atomic E-state index is 11.4. The molecule has 1 heterocycles. The molecule has 1 N–H and O–H groups in total. The molecule has 1 fully saturated rings. The second-order valence-corrected chi connectivity index (χ2v) is 3.62. The minimum Gasteiger partial charge on any atom is -0.392 e. The molecule has 1 unspecified atom stereocenters. The molecule has 1 aliphatic rings. The van der Waals surface area contributed by atoms with Gasteiger partial charge in [-0.3, -0.25) is 4.79 Å². The predicted octanol–water partition coefficient (Wildman–Crippen LogP) is 0.793. The fraction of sp³-hybridized carbons (Fsp3) is 0.700. The maximum absolute atomic E-state index is 11.4. The summed E-state index contributed by atoms with van der Waals surface area (Å²) in [6, 6.07) is 0. The number of amides is 1. The first-order valence-electron chi connectivity index (χ1n) is 4.80. The molecule has 0 spiro atoms. The van der Waals surface area contributed by atoms with Gasteiger partial charge >= 0.3 is 0 Å². The maximum Gasteiger partial charge on any atom is 0.246 e. The van der Waals surface area contributed by atoms with Gasteiger partial charge in [0.05, 0.1) is 6.61 Å². The average Bonchev–Trinajstić information content (AvgIpc) is 2.14. The van der Waals surface area contributed by atoms with Crippen LogP contribution in [-0.4, -0.2) is 35.6 Å². The quantitative estimate of drug-likeness (QED) is 0.643. The molecule has 0 aromatic heterocycles. The average molecular weight is 183 g/mol. The van der Waals surface area contributed by atoms with Crippen LogP contribution in [0.3, 0.4) is 0 Å². The van der Waals surface area contributed by atoms with Crippen molar-refractivity contribution in [1.29, 1.82) is 0 Å². The van der Waals surface area contributed by atoms with E-state index >= 15 is 0 Å². The molecule has 3 nitrogen and oxygen atoms in total. The van der Waals surface area contributed by atoms with E-state index in [-0.39, 0.29) is 12.5 Å². The van der Waals surface area contributed by atoms with Crippen molar-refractivity contribution in [3.05, 3.63) is 12.2 Å². The number of nitrogens with zero attached hydrogens (tertiary/aromatic N) is 1. The van der Waals surface area contributed by atoms with E-state index in [2.05, 4.69) is 6.92 Å². The fourth-order valence-electron chi connectivity index (χ4n) is 1.65. The van der Waals surface area contributed by atoms with Gasteiger partial charge in [0.2, 0.25) is 5.91 Å². The molecule has 0 saturated carbocycles. The van der Waals surface area contributed by atoms with Gasteiger partial charge in [0.1, 0.15) is 0 Å².